The normalized spacial score (nSPS) is 12.1. The van der Waals surface area contributed by atoms with E-state index in [1.807, 2.05) is 0 Å². The summed E-state index contributed by atoms with van der Waals surface area (Å²) in [5, 5.41) is 0. The Kier molecular flexibility index (Phi) is 4.03. The van der Waals surface area contributed by atoms with Crippen LogP contribution in [-0.2, 0) is 19.2 Å². The summed E-state index contributed by atoms with van der Waals surface area (Å²) in [5.74, 6) is 0.131. The van der Waals surface area contributed by atoms with Crippen molar-refractivity contribution in [2.75, 3.05) is 0 Å². The van der Waals surface area contributed by atoms with Crippen LogP contribution in [-0.4, -0.2) is 16.8 Å². The first-order valence-corrected chi connectivity index (χ1v) is 9.05. The quantitative estimate of drug-likeness (QED) is 0.634. The van der Waals surface area contributed by atoms with Gasteiger partial charge in [-0.2, -0.15) is 8.42 Å². The van der Waals surface area contributed by atoms with Gasteiger partial charge in [0, 0.05) is 10.7 Å². The van der Waals surface area contributed by atoms with E-state index in [9.17, 15) is 16.8 Å². The van der Waals surface area contributed by atoms with Crippen molar-refractivity contribution >= 4 is 29.9 Å². The smallest absolute Gasteiger partial charge is 0.339 e. The second kappa shape index (κ2) is 5.43. The first-order valence-electron chi connectivity index (χ1n) is 5.33. The summed E-state index contributed by atoms with van der Waals surface area (Å²) in [7, 11) is -2.95. The van der Waals surface area contributed by atoms with E-state index in [4.69, 9.17) is 14.9 Å². The van der Waals surface area contributed by atoms with Crippen LogP contribution >= 0.6 is 10.7 Å². The molecule has 0 N–H and O–H groups in total. The molecule has 0 heterocycles. The molecule has 0 amide bonds. The van der Waals surface area contributed by atoms with Crippen molar-refractivity contribution < 1.29 is 21.0 Å². The molecule has 0 saturated carbocycles. The van der Waals surface area contributed by atoms with Gasteiger partial charge in [0.05, 0.1) is 4.90 Å². The highest BCUT2D eigenvalue weighted by Crippen LogP contribution is 2.22. The summed E-state index contributed by atoms with van der Waals surface area (Å²) in [6, 6.07) is 12.5. The van der Waals surface area contributed by atoms with Gasteiger partial charge in [-0.1, -0.05) is 24.3 Å². The number of hydrogen-bond acceptors (Lipinski definition) is 5. The average molecular weight is 333 g/mol. The molecule has 106 valence electrons. The molecule has 8 heteroatoms. The molecule has 2 aromatic rings. The lowest BCUT2D eigenvalue weighted by Gasteiger charge is -2.07. The van der Waals surface area contributed by atoms with E-state index in [0.717, 1.165) is 6.07 Å². The third-order valence-corrected chi connectivity index (χ3v) is 4.92. The van der Waals surface area contributed by atoms with Gasteiger partial charge in [-0.05, 0) is 30.3 Å². The van der Waals surface area contributed by atoms with Crippen LogP contribution in [0.3, 0.4) is 0 Å². The Morgan fingerprint density at radius 2 is 1.40 bits per heavy atom. The summed E-state index contributed by atoms with van der Waals surface area (Å²) < 4.78 is 51.3. The van der Waals surface area contributed by atoms with Gasteiger partial charge in [0.25, 0.3) is 9.05 Å². The van der Waals surface area contributed by atoms with Crippen molar-refractivity contribution in [3.8, 4) is 5.75 Å². The van der Waals surface area contributed by atoms with Gasteiger partial charge < -0.3 is 4.18 Å². The largest absolute Gasteiger partial charge is 0.379 e. The zero-order valence-electron chi connectivity index (χ0n) is 9.93. The number of benzene rings is 2. The van der Waals surface area contributed by atoms with Gasteiger partial charge in [-0.25, -0.2) is 8.42 Å². The van der Waals surface area contributed by atoms with E-state index >= 15 is 0 Å². The standard InChI is InChI=1S/C12H9ClO5S2/c13-19(14,15)11-7-4-8-12(9-11)20(16,17)18-10-5-2-1-3-6-10/h1-9H. The van der Waals surface area contributed by atoms with E-state index in [1.54, 1.807) is 18.2 Å². The molecule has 0 fully saturated rings. The minimum Gasteiger partial charge on any atom is -0.379 e. The summed E-state index contributed by atoms with van der Waals surface area (Å²) in [5.41, 5.74) is 0. The van der Waals surface area contributed by atoms with Crippen LogP contribution in [0.2, 0.25) is 0 Å². The molecule has 0 bridgehead atoms. The molecular weight excluding hydrogens is 324 g/mol. The lowest BCUT2D eigenvalue weighted by molar-refractivity contribution is 0.486. The van der Waals surface area contributed by atoms with Crippen molar-refractivity contribution in [3.63, 3.8) is 0 Å². The fourth-order valence-corrected chi connectivity index (χ4v) is 3.28. The van der Waals surface area contributed by atoms with Gasteiger partial charge in [-0.3, -0.25) is 0 Å². The Labute approximate surface area is 121 Å². The number of rotatable bonds is 4. The third-order valence-electron chi connectivity index (χ3n) is 2.32. The minimum absolute atomic E-state index is 0.131. The Balaban J connectivity index is 2.40. The molecule has 0 aliphatic rings. The molecule has 0 aromatic heterocycles. The summed E-state index contributed by atoms with van der Waals surface area (Å²) in [4.78, 5) is -0.597. The predicted octanol–water partition coefficient (Wildman–Crippen LogP) is 2.38. The fraction of sp³-hybridized carbons (Fsp3) is 0. The van der Waals surface area contributed by atoms with E-state index in [-0.39, 0.29) is 15.5 Å². The maximum absolute atomic E-state index is 12.0. The van der Waals surface area contributed by atoms with Crippen LogP contribution in [0.1, 0.15) is 0 Å². The maximum Gasteiger partial charge on any atom is 0.339 e. The van der Waals surface area contributed by atoms with E-state index in [1.165, 1.54) is 30.3 Å². The number of halogens is 1. The Bertz CT molecular complexity index is 814. The fourth-order valence-electron chi connectivity index (χ4n) is 1.43. The van der Waals surface area contributed by atoms with E-state index in [0.29, 0.717) is 0 Å². The zero-order chi connectivity index (χ0) is 14.8. The molecule has 0 saturated heterocycles. The molecular formula is C12H9ClO5S2. The molecule has 2 rings (SSSR count). The molecule has 0 aliphatic heterocycles. The Morgan fingerprint density at radius 1 is 0.800 bits per heavy atom. The van der Waals surface area contributed by atoms with Gasteiger partial charge in [0.2, 0.25) is 0 Å². The molecule has 0 aliphatic carbocycles. The highest BCUT2D eigenvalue weighted by molar-refractivity contribution is 8.13. The molecule has 0 spiro atoms. The Hall–Kier alpha value is -1.57. The second-order valence-electron chi connectivity index (χ2n) is 3.76. The summed E-state index contributed by atoms with van der Waals surface area (Å²) >= 11 is 0. The molecule has 2 aromatic carbocycles. The molecule has 20 heavy (non-hydrogen) atoms. The van der Waals surface area contributed by atoms with E-state index < -0.39 is 19.2 Å². The van der Waals surface area contributed by atoms with Crippen molar-refractivity contribution in [1.29, 1.82) is 0 Å². The first kappa shape index (κ1) is 14.8. The SMILES string of the molecule is O=S(=O)(Cl)c1cccc(S(=O)(=O)Oc2ccccc2)c1. The van der Waals surface area contributed by atoms with Crippen LogP contribution in [0.25, 0.3) is 0 Å². The summed E-state index contributed by atoms with van der Waals surface area (Å²) in [6.45, 7) is 0. The highest BCUT2D eigenvalue weighted by Gasteiger charge is 2.19. The monoisotopic (exact) mass is 332 g/mol. The topological polar surface area (TPSA) is 77.5 Å². The number of para-hydroxylation sites is 1. The molecule has 0 unspecified atom stereocenters. The number of hydrogen-bond donors (Lipinski definition) is 0. The third kappa shape index (κ3) is 3.50. The molecule has 0 radical (unpaired) electrons. The zero-order valence-corrected chi connectivity index (χ0v) is 12.3. The van der Waals surface area contributed by atoms with Gasteiger partial charge >= 0.3 is 10.1 Å². The highest BCUT2D eigenvalue weighted by atomic mass is 35.7. The van der Waals surface area contributed by atoms with Crippen molar-refractivity contribution in [2.24, 2.45) is 0 Å². The van der Waals surface area contributed by atoms with Gasteiger partial charge in [0.1, 0.15) is 10.6 Å². The van der Waals surface area contributed by atoms with Crippen molar-refractivity contribution in [2.45, 2.75) is 9.79 Å². The van der Waals surface area contributed by atoms with Crippen LogP contribution in [0.5, 0.6) is 5.75 Å². The van der Waals surface area contributed by atoms with Gasteiger partial charge in [-0.15, -0.1) is 0 Å². The van der Waals surface area contributed by atoms with E-state index in [2.05, 4.69) is 0 Å². The molecule has 0 atom stereocenters. The van der Waals surface area contributed by atoms with Crippen molar-refractivity contribution in [1.82, 2.24) is 0 Å². The van der Waals surface area contributed by atoms with Crippen LogP contribution in [0.4, 0.5) is 0 Å². The van der Waals surface area contributed by atoms with Crippen LogP contribution < -0.4 is 4.18 Å². The van der Waals surface area contributed by atoms with Crippen LogP contribution in [0.15, 0.2) is 64.4 Å². The Morgan fingerprint density at radius 3 is 2.00 bits per heavy atom. The maximum atomic E-state index is 12.0. The lowest BCUT2D eigenvalue weighted by atomic mass is 10.3. The van der Waals surface area contributed by atoms with Crippen LogP contribution in [0, 0.1) is 0 Å². The molecule has 5 nitrogen and oxygen atoms in total. The average Bonchev–Trinajstić information content (AvgIpc) is 2.38. The minimum atomic E-state index is -4.12. The second-order valence-corrected chi connectivity index (χ2v) is 7.88. The summed E-state index contributed by atoms with van der Waals surface area (Å²) in [6.07, 6.45) is 0. The lowest BCUT2D eigenvalue weighted by Crippen LogP contribution is -2.10. The predicted molar refractivity (Wildman–Crippen MR) is 73.7 cm³/mol. The van der Waals surface area contributed by atoms with Crippen molar-refractivity contribution in [3.05, 3.63) is 54.6 Å². The first-order chi connectivity index (χ1) is 9.29. The van der Waals surface area contributed by atoms with Gasteiger partial charge in [0.15, 0.2) is 0 Å².